The summed E-state index contributed by atoms with van der Waals surface area (Å²) >= 11 is 0. The summed E-state index contributed by atoms with van der Waals surface area (Å²) in [4.78, 5) is 17.4. The lowest BCUT2D eigenvalue weighted by Gasteiger charge is -2.39. The van der Waals surface area contributed by atoms with Crippen molar-refractivity contribution >= 4 is 24.0 Å². The van der Waals surface area contributed by atoms with Gasteiger partial charge in [-0.05, 0) is 44.5 Å². The van der Waals surface area contributed by atoms with Crippen LogP contribution in [0.3, 0.4) is 0 Å². The molecule has 30 heavy (non-hydrogen) atoms. The Hall–Kier alpha value is -2.09. The predicted octanol–water partition coefficient (Wildman–Crippen LogP) is 2.17. The summed E-state index contributed by atoms with van der Waals surface area (Å²) < 4.78 is 1.94. The van der Waals surface area contributed by atoms with E-state index in [1.165, 1.54) is 5.69 Å². The van der Waals surface area contributed by atoms with Gasteiger partial charge in [0, 0.05) is 57.2 Å². The first-order valence-electron chi connectivity index (χ1n) is 10.8. The van der Waals surface area contributed by atoms with Crippen molar-refractivity contribution in [3.05, 3.63) is 48.3 Å². The van der Waals surface area contributed by atoms with E-state index in [-0.39, 0.29) is 18.3 Å². The van der Waals surface area contributed by atoms with Crippen molar-refractivity contribution in [3.63, 3.8) is 0 Å². The number of benzene rings is 1. The molecule has 2 N–H and O–H groups in total. The van der Waals surface area contributed by atoms with Crippen LogP contribution in [0, 0.1) is 0 Å². The Morgan fingerprint density at radius 2 is 1.97 bits per heavy atom. The van der Waals surface area contributed by atoms with Crippen LogP contribution >= 0.6 is 12.4 Å². The van der Waals surface area contributed by atoms with Gasteiger partial charge in [0.15, 0.2) is 0 Å². The average Bonchev–Trinajstić information content (AvgIpc) is 3.29. The third-order valence-electron chi connectivity index (χ3n) is 6.10. The molecule has 1 amide bonds. The molecule has 3 heterocycles. The molecule has 0 saturated carbocycles. The van der Waals surface area contributed by atoms with Gasteiger partial charge in [0.1, 0.15) is 5.69 Å². The van der Waals surface area contributed by atoms with E-state index in [2.05, 4.69) is 62.8 Å². The van der Waals surface area contributed by atoms with Crippen LogP contribution in [0.4, 0.5) is 5.69 Å². The van der Waals surface area contributed by atoms with Crippen molar-refractivity contribution in [1.82, 2.24) is 25.3 Å². The van der Waals surface area contributed by atoms with E-state index >= 15 is 0 Å². The maximum Gasteiger partial charge on any atom is 0.271 e. The molecule has 1 aromatic carbocycles. The Morgan fingerprint density at radius 1 is 1.20 bits per heavy atom. The first kappa shape index (κ1) is 22.6. The molecule has 0 bridgehead atoms. The lowest BCUT2D eigenvalue weighted by molar-refractivity contribution is 0.0928. The van der Waals surface area contributed by atoms with Crippen molar-refractivity contribution in [2.75, 3.05) is 50.7 Å². The molecule has 2 unspecified atom stereocenters. The molecule has 0 aliphatic carbocycles. The zero-order valence-corrected chi connectivity index (χ0v) is 18.5. The van der Waals surface area contributed by atoms with Gasteiger partial charge in [-0.1, -0.05) is 18.2 Å². The number of hydrogen-bond donors (Lipinski definition) is 2. The largest absolute Gasteiger partial charge is 0.369 e. The van der Waals surface area contributed by atoms with Gasteiger partial charge in [-0.3, -0.25) is 14.4 Å². The molecule has 0 spiro atoms. The van der Waals surface area contributed by atoms with Crippen molar-refractivity contribution in [1.29, 1.82) is 0 Å². The molecule has 2 atom stereocenters. The summed E-state index contributed by atoms with van der Waals surface area (Å²) in [5.74, 6) is -0.0812. The van der Waals surface area contributed by atoms with E-state index < -0.39 is 0 Å². The Kier molecular flexibility index (Phi) is 8.13. The van der Waals surface area contributed by atoms with Crippen LogP contribution in [0.1, 0.15) is 36.3 Å². The van der Waals surface area contributed by atoms with Crippen LogP contribution in [0.5, 0.6) is 0 Å². The van der Waals surface area contributed by atoms with Gasteiger partial charge in [-0.2, -0.15) is 5.10 Å². The normalized spacial score (nSPS) is 21.0. The molecular weight excluding hydrogens is 400 g/mol. The molecule has 2 aliphatic heterocycles. The molecule has 4 rings (SSSR count). The average molecular weight is 433 g/mol. The van der Waals surface area contributed by atoms with E-state index in [9.17, 15) is 4.79 Å². The Morgan fingerprint density at radius 3 is 2.67 bits per heavy atom. The Balaban J connectivity index is 0.00000256. The summed E-state index contributed by atoms with van der Waals surface area (Å²) in [7, 11) is 0. The SMILES string of the molecule is CC(CNC(=O)c1ccn(C2CCCNC2)n1)N1CCN(c2ccccc2)CC1.Cl. The number of nitrogens with one attached hydrogen (secondary N) is 2. The summed E-state index contributed by atoms with van der Waals surface area (Å²) in [6.07, 6.45) is 4.20. The van der Waals surface area contributed by atoms with Gasteiger partial charge in [0.2, 0.25) is 0 Å². The minimum atomic E-state index is -0.0812. The fraction of sp³-hybridized carbons (Fsp3) is 0.545. The van der Waals surface area contributed by atoms with Crippen LogP contribution < -0.4 is 15.5 Å². The highest BCUT2D eigenvalue weighted by molar-refractivity contribution is 5.92. The highest BCUT2D eigenvalue weighted by Crippen LogP contribution is 2.17. The predicted molar refractivity (Wildman–Crippen MR) is 123 cm³/mol. The number of piperazine rings is 1. The molecule has 7 nitrogen and oxygen atoms in total. The number of piperidine rings is 1. The molecule has 2 aliphatic rings. The second-order valence-electron chi connectivity index (χ2n) is 8.10. The van der Waals surface area contributed by atoms with E-state index in [1.54, 1.807) is 0 Å². The fourth-order valence-corrected chi connectivity index (χ4v) is 4.24. The van der Waals surface area contributed by atoms with E-state index in [4.69, 9.17) is 0 Å². The molecular formula is C22H33ClN6O. The number of halogens is 1. The number of aromatic nitrogens is 2. The summed E-state index contributed by atoms with van der Waals surface area (Å²) in [6, 6.07) is 13.1. The van der Waals surface area contributed by atoms with Crippen molar-refractivity contribution in [2.24, 2.45) is 0 Å². The number of rotatable bonds is 6. The Labute approximate surface area is 185 Å². The molecule has 2 saturated heterocycles. The highest BCUT2D eigenvalue weighted by Gasteiger charge is 2.22. The first-order chi connectivity index (χ1) is 14.2. The number of amides is 1. The number of para-hydroxylation sites is 1. The lowest BCUT2D eigenvalue weighted by atomic mass is 10.1. The maximum atomic E-state index is 12.5. The third-order valence-corrected chi connectivity index (χ3v) is 6.10. The highest BCUT2D eigenvalue weighted by atomic mass is 35.5. The van der Waals surface area contributed by atoms with Crippen molar-refractivity contribution in [2.45, 2.75) is 31.8 Å². The molecule has 1 aromatic heterocycles. The second-order valence-corrected chi connectivity index (χ2v) is 8.10. The first-order valence-corrected chi connectivity index (χ1v) is 10.8. The second kappa shape index (κ2) is 10.8. The molecule has 0 radical (unpaired) electrons. The van der Waals surface area contributed by atoms with Crippen LogP contribution in [-0.2, 0) is 0 Å². The minimum Gasteiger partial charge on any atom is -0.369 e. The number of nitrogens with zero attached hydrogens (tertiary/aromatic N) is 4. The molecule has 2 aromatic rings. The summed E-state index contributed by atoms with van der Waals surface area (Å²) in [5.41, 5.74) is 1.80. The summed E-state index contributed by atoms with van der Waals surface area (Å²) in [6.45, 7) is 8.87. The molecule has 2 fully saturated rings. The Bertz CT molecular complexity index is 784. The van der Waals surface area contributed by atoms with Crippen molar-refractivity contribution < 1.29 is 4.79 Å². The number of carbonyl (C=O) groups is 1. The zero-order chi connectivity index (χ0) is 20.1. The zero-order valence-electron chi connectivity index (χ0n) is 17.7. The van der Waals surface area contributed by atoms with Gasteiger partial charge in [-0.15, -0.1) is 12.4 Å². The van der Waals surface area contributed by atoms with Gasteiger partial charge in [-0.25, -0.2) is 0 Å². The van der Waals surface area contributed by atoms with E-state index in [0.717, 1.165) is 52.1 Å². The van der Waals surface area contributed by atoms with E-state index in [0.29, 0.717) is 24.3 Å². The van der Waals surface area contributed by atoms with Crippen LogP contribution in [-0.4, -0.2) is 72.4 Å². The lowest BCUT2D eigenvalue weighted by Crippen LogP contribution is -2.52. The summed E-state index contributed by atoms with van der Waals surface area (Å²) in [5, 5.41) is 11.0. The number of anilines is 1. The van der Waals surface area contributed by atoms with Crippen molar-refractivity contribution in [3.8, 4) is 0 Å². The van der Waals surface area contributed by atoms with Gasteiger partial charge in [0.25, 0.3) is 5.91 Å². The number of hydrogen-bond acceptors (Lipinski definition) is 5. The standard InChI is InChI=1S/C22H32N6O.ClH/c1-18(26-12-14-27(15-13-26)19-6-3-2-4-7-19)16-24-22(29)21-9-11-28(25-21)20-8-5-10-23-17-20;/h2-4,6-7,9,11,18,20,23H,5,8,10,12-17H2,1H3,(H,24,29);1H. The molecule has 164 valence electrons. The fourth-order valence-electron chi connectivity index (χ4n) is 4.24. The van der Waals surface area contributed by atoms with Crippen LogP contribution in [0.2, 0.25) is 0 Å². The smallest absolute Gasteiger partial charge is 0.271 e. The van der Waals surface area contributed by atoms with E-state index in [1.807, 2.05) is 16.9 Å². The molecule has 8 heteroatoms. The van der Waals surface area contributed by atoms with Crippen LogP contribution in [0.25, 0.3) is 0 Å². The minimum absolute atomic E-state index is 0. The third kappa shape index (κ3) is 5.53. The quantitative estimate of drug-likeness (QED) is 0.732. The topological polar surface area (TPSA) is 65.4 Å². The number of carbonyl (C=O) groups excluding carboxylic acids is 1. The van der Waals surface area contributed by atoms with Crippen LogP contribution in [0.15, 0.2) is 42.6 Å². The maximum absolute atomic E-state index is 12.5. The van der Waals surface area contributed by atoms with Gasteiger partial charge in [0.05, 0.1) is 6.04 Å². The van der Waals surface area contributed by atoms with Gasteiger partial charge < -0.3 is 15.5 Å². The monoisotopic (exact) mass is 432 g/mol. The van der Waals surface area contributed by atoms with Gasteiger partial charge >= 0.3 is 0 Å².